The van der Waals surface area contributed by atoms with Crippen LogP contribution in [0, 0.1) is 17.1 Å². The summed E-state index contributed by atoms with van der Waals surface area (Å²) in [5, 5.41) is 20.1. The van der Waals surface area contributed by atoms with E-state index in [2.05, 4.69) is 0 Å². The van der Waals surface area contributed by atoms with E-state index in [4.69, 9.17) is 10.4 Å². The number of nitriles is 1. The molecule has 2 nitrogen and oxygen atoms in total. The van der Waals surface area contributed by atoms with Crippen molar-refractivity contribution in [3.8, 4) is 6.07 Å². The summed E-state index contributed by atoms with van der Waals surface area (Å²) >= 11 is 1.40. The number of nitrogens with zero attached hydrogens (tertiary/aromatic N) is 1. The number of thiophene rings is 1. The fourth-order valence-electron chi connectivity index (χ4n) is 1.39. The van der Waals surface area contributed by atoms with Gasteiger partial charge in [0, 0.05) is 10.1 Å². The van der Waals surface area contributed by atoms with Crippen LogP contribution in [-0.2, 0) is 6.61 Å². The Kier molecular flexibility index (Phi) is 2.20. The molecule has 1 aromatic heterocycles. The summed E-state index contributed by atoms with van der Waals surface area (Å²) in [4.78, 5) is 0. The van der Waals surface area contributed by atoms with Crippen molar-refractivity contribution in [3.63, 3.8) is 0 Å². The van der Waals surface area contributed by atoms with Crippen LogP contribution in [0.15, 0.2) is 17.5 Å². The number of benzene rings is 1. The van der Waals surface area contributed by atoms with Crippen LogP contribution in [0.1, 0.15) is 11.1 Å². The Balaban J connectivity index is 2.90. The highest BCUT2D eigenvalue weighted by molar-refractivity contribution is 7.17. The van der Waals surface area contributed by atoms with E-state index >= 15 is 0 Å². The fraction of sp³-hybridized carbons (Fsp3) is 0.100. The van der Waals surface area contributed by atoms with Gasteiger partial charge in [-0.15, -0.1) is 11.3 Å². The minimum Gasteiger partial charge on any atom is -0.392 e. The minimum atomic E-state index is -0.534. The van der Waals surface area contributed by atoms with Gasteiger partial charge in [0.1, 0.15) is 11.9 Å². The predicted molar refractivity (Wildman–Crippen MR) is 52.4 cm³/mol. The van der Waals surface area contributed by atoms with Crippen molar-refractivity contribution in [1.82, 2.24) is 0 Å². The normalized spacial score (nSPS) is 10.4. The van der Waals surface area contributed by atoms with E-state index in [1.54, 1.807) is 11.4 Å². The molecule has 0 spiro atoms. The molecule has 0 unspecified atom stereocenters. The van der Waals surface area contributed by atoms with E-state index in [0.29, 0.717) is 10.9 Å². The van der Waals surface area contributed by atoms with Gasteiger partial charge in [-0.3, -0.25) is 0 Å². The smallest absolute Gasteiger partial charge is 0.141 e. The lowest BCUT2D eigenvalue weighted by atomic mass is 10.1. The number of fused-ring (bicyclic) bond motifs is 1. The molecule has 2 aromatic rings. The summed E-state index contributed by atoms with van der Waals surface area (Å²) in [6.45, 7) is -0.169. The van der Waals surface area contributed by atoms with E-state index in [1.165, 1.54) is 17.4 Å². The third-order valence-corrected chi connectivity index (χ3v) is 3.04. The van der Waals surface area contributed by atoms with Crippen molar-refractivity contribution in [2.75, 3.05) is 0 Å². The number of aliphatic hydroxyl groups excluding tert-OH is 1. The van der Waals surface area contributed by atoms with Gasteiger partial charge in [0.15, 0.2) is 0 Å². The standard InChI is InChI=1S/C10H6FNOS/c11-8-1-2-9-10(7(8)3-12)6(4-13)5-14-9/h1-2,5,13H,4H2. The Hall–Kier alpha value is -1.44. The molecule has 0 aliphatic heterocycles. The van der Waals surface area contributed by atoms with E-state index in [0.717, 1.165) is 4.70 Å². The van der Waals surface area contributed by atoms with Crippen LogP contribution in [0.2, 0.25) is 0 Å². The minimum absolute atomic E-state index is 0.0211. The number of halogens is 1. The molecule has 0 bridgehead atoms. The molecule has 2 rings (SSSR count). The molecule has 1 heterocycles. The molecule has 0 amide bonds. The van der Waals surface area contributed by atoms with Gasteiger partial charge in [-0.1, -0.05) is 0 Å². The molecule has 0 aliphatic rings. The topological polar surface area (TPSA) is 44.0 Å². The monoisotopic (exact) mass is 207 g/mol. The maximum atomic E-state index is 13.2. The largest absolute Gasteiger partial charge is 0.392 e. The van der Waals surface area contributed by atoms with Crippen LogP contribution in [0.25, 0.3) is 10.1 Å². The van der Waals surface area contributed by atoms with Gasteiger partial charge in [0.05, 0.1) is 12.2 Å². The number of aliphatic hydroxyl groups is 1. The fourth-order valence-corrected chi connectivity index (χ4v) is 2.35. The molecule has 0 radical (unpaired) electrons. The van der Waals surface area contributed by atoms with Crippen LogP contribution < -0.4 is 0 Å². The Bertz CT molecular complexity index is 527. The third-order valence-electron chi connectivity index (χ3n) is 2.05. The zero-order valence-electron chi connectivity index (χ0n) is 7.12. The summed E-state index contributed by atoms with van der Waals surface area (Å²) in [5.41, 5.74) is 0.633. The molecule has 1 N–H and O–H groups in total. The Labute approximate surface area is 83.8 Å². The SMILES string of the molecule is N#Cc1c(F)ccc2scc(CO)c12. The van der Waals surface area contributed by atoms with Crippen molar-refractivity contribution in [2.24, 2.45) is 0 Å². The summed E-state index contributed by atoms with van der Waals surface area (Å²) < 4.78 is 14.0. The van der Waals surface area contributed by atoms with Gasteiger partial charge in [-0.05, 0) is 23.1 Å². The van der Waals surface area contributed by atoms with E-state index in [9.17, 15) is 4.39 Å². The first-order valence-corrected chi connectivity index (χ1v) is 4.85. The quantitative estimate of drug-likeness (QED) is 0.780. The average Bonchev–Trinajstić information content (AvgIpc) is 2.61. The molecule has 0 atom stereocenters. The Morgan fingerprint density at radius 2 is 2.29 bits per heavy atom. The molecule has 0 fully saturated rings. The summed E-state index contributed by atoms with van der Waals surface area (Å²) in [6.07, 6.45) is 0. The molecule has 0 saturated heterocycles. The van der Waals surface area contributed by atoms with Crippen LogP contribution in [0.4, 0.5) is 4.39 Å². The van der Waals surface area contributed by atoms with Crippen molar-refractivity contribution >= 4 is 21.4 Å². The van der Waals surface area contributed by atoms with Gasteiger partial charge in [0.2, 0.25) is 0 Å². The molecular weight excluding hydrogens is 201 g/mol. The molecule has 70 valence electrons. The summed E-state index contributed by atoms with van der Waals surface area (Å²) in [7, 11) is 0. The maximum absolute atomic E-state index is 13.2. The first kappa shape index (κ1) is 9.13. The van der Waals surface area contributed by atoms with Crippen molar-refractivity contribution in [2.45, 2.75) is 6.61 Å². The van der Waals surface area contributed by atoms with Crippen molar-refractivity contribution in [1.29, 1.82) is 5.26 Å². The lowest BCUT2D eigenvalue weighted by Gasteiger charge is -1.98. The highest BCUT2D eigenvalue weighted by atomic mass is 32.1. The van der Waals surface area contributed by atoms with Gasteiger partial charge in [-0.25, -0.2) is 4.39 Å². The Morgan fingerprint density at radius 3 is 2.93 bits per heavy atom. The van der Waals surface area contributed by atoms with Crippen LogP contribution in [0.3, 0.4) is 0 Å². The van der Waals surface area contributed by atoms with Crippen molar-refractivity contribution in [3.05, 3.63) is 34.5 Å². The number of hydrogen-bond donors (Lipinski definition) is 1. The summed E-state index contributed by atoms with van der Waals surface area (Å²) in [6, 6.07) is 4.72. The third kappa shape index (κ3) is 1.18. The second-order valence-corrected chi connectivity index (χ2v) is 3.74. The van der Waals surface area contributed by atoms with Gasteiger partial charge >= 0.3 is 0 Å². The second-order valence-electron chi connectivity index (χ2n) is 2.83. The van der Waals surface area contributed by atoms with E-state index in [-0.39, 0.29) is 12.2 Å². The van der Waals surface area contributed by atoms with Crippen LogP contribution >= 0.6 is 11.3 Å². The first-order chi connectivity index (χ1) is 6.77. The van der Waals surface area contributed by atoms with E-state index < -0.39 is 5.82 Å². The molecule has 4 heteroatoms. The highest BCUT2D eigenvalue weighted by Crippen LogP contribution is 2.30. The van der Waals surface area contributed by atoms with Crippen LogP contribution in [0.5, 0.6) is 0 Å². The first-order valence-electron chi connectivity index (χ1n) is 3.97. The van der Waals surface area contributed by atoms with Gasteiger partial charge in [-0.2, -0.15) is 5.26 Å². The Morgan fingerprint density at radius 1 is 1.50 bits per heavy atom. The lowest BCUT2D eigenvalue weighted by Crippen LogP contribution is -1.87. The molecule has 0 saturated carbocycles. The second kappa shape index (κ2) is 3.37. The molecule has 0 aliphatic carbocycles. The van der Waals surface area contributed by atoms with Gasteiger partial charge in [0.25, 0.3) is 0 Å². The number of hydrogen-bond acceptors (Lipinski definition) is 3. The molecule has 14 heavy (non-hydrogen) atoms. The van der Waals surface area contributed by atoms with Gasteiger partial charge < -0.3 is 5.11 Å². The zero-order chi connectivity index (χ0) is 10.1. The summed E-state index contributed by atoms with van der Waals surface area (Å²) in [5.74, 6) is -0.534. The van der Waals surface area contributed by atoms with Crippen molar-refractivity contribution < 1.29 is 9.50 Å². The van der Waals surface area contributed by atoms with E-state index in [1.807, 2.05) is 6.07 Å². The zero-order valence-corrected chi connectivity index (χ0v) is 7.94. The lowest BCUT2D eigenvalue weighted by molar-refractivity contribution is 0.284. The average molecular weight is 207 g/mol. The maximum Gasteiger partial charge on any atom is 0.141 e. The van der Waals surface area contributed by atoms with Crippen LogP contribution in [-0.4, -0.2) is 5.11 Å². The molecular formula is C10H6FNOS. The number of rotatable bonds is 1. The molecule has 1 aromatic carbocycles. The highest BCUT2D eigenvalue weighted by Gasteiger charge is 2.12. The predicted octanol–water partition coefficient (Wildman–Crippen LogP) is 2.40.